The van der Waals surface area contributed by atoms with Crippen LogP contribution in [0.15, 0.2) is 97.1 Å². The van der Waals surface area contributed by atoms with E-state index in [9.17, 15) is 0 Å². The summed E-state index contributed by atoms with van der Waals surface area (Å²) < 4.78 is 11.6. The molecule has 11 rings (SSSR count). The summed E-state index contributed by atoms with van der Waals surface area (Å²) in [6.45, 7) is 6.60. The van der Waals surface area contributed by atoms with E-state index < -0.39 is 0 Å². The van der Waals surface area contributed by atoms with Crippen molar-refractivity contribution in [2.45, 2.75) is 153 Å². The molecule has 0 N–H and O–H groups in total. The number of hydrogen-bond donors (Lipinski definition) is 0. The second-order valence-corrected chi connectivity index (χ2v) is 20.2. The van der Waals surface area contributed by atoms with Gasteiger partial charge in [-0.05, 0) is 188 Å². The molecule has 2 heterocycles. The van der Waals surface area contributed by atoms with Crippen LogP contribution in [0.25, 0.3) is 65.3 Å². The number of aryl methyl sites for hydroxylation is 2. The summed E-state index contributed by atoms with van der Waals surface area (Å²) >= 11 is 0. The van der Waals surface area contributed by atoms with Gasteiger partial charge in [0, 0.05) is 0 Å². The first-order valence-electron chi connectivity index (χ1n) is 25.3. The SMILES string of the molecule is CCCCCCc1ccc(-c2ccc3c4ccc(-c5ccc(CCCCCC)cc5C5CCC(C6CO6)CC5)c5cccc(c6cccc2c63)c54)c(C2CCC(C3CO3)CC2)c1. The van der Waals surface area contributed by atoms with Crippen LogP contribution in [0.3, 0.4) is 0 Å². The van der Waals surface area contributed by atoms with Gasteiger partial charge < -0.3 is 9.47 Å². The zero-order valence-electron chi connectivity index (χ0n) is 37.7. The van der Waals surface area contributed by atoms with Gasteiger partial charge in [0.25, 0.3) is 0 Å². The molecule has 2 nitrogen and oxygen atoms in total. The molecule has 7 aromatic rings. The maximum Gasteiger partial charge on any atom is 0.0838 e. The third-order valence-electron chi connectivity index (χ3n) is 16.3. The van der Waals surface area contributed by atoms with Crippen LogP contribution in [0.2, 0.25) is 0 Å². The van der Waals surface area contributed by atoms with E-state index in [4.69, 9.17) is 9.47 Å². The monoisotopic (exact) mass is 821 g/mol. The summed E-state index contributed by atoms with van der Waals surface area (Å²) in [6, 6.07) is 39.5. The third-order valence-corrected chi connectivity index (χ3v) is 16.3. The molecule has 0 aromatic heterocycles. The van der Waals surface area contributed by atoms with E-state index in [2.05, 4.69) is 111 Å². The van der Waals surface area contributed by atoms with E-state index in [0.717, 1.165) is 25.0 Å². The Bertz CT molecular complexity index is 2460. The van der Waals surface area contributed by atoms with Crippen LogP contribution in [0.1, 0.15) is 151 Å². The van der Waals surface area contributed by atoms with Gasteiger partial charge >= 0.3 is 0 Å². The average molecular weight is 821 g/mol. The van der Waals surface area contributed by atoms with Crippen LogP contribution < -0.4 is 0 Å². The summed E-state index contributed by atoms with van der Waals surface area (Å²) in [5, 5.41) is 11.2. The number of rotatable bonds is 16. The molecule has 2 aliphatic heterocycles. The lowest BCUT2D eigenvalue weighted by molar-refractivity contribution is 0.252. The Hall–Kier alpha value is -4.24. The highest BCUT2D eigenvalue weighted by molar-refractivity contribution is 6.35. The zero-order chi connectivity index (χ0) is 41.6. The standard InChI is InChI=1S/C60H68O2/c1-3-5-7-9-13-39-19-29-47(55(35-39)41-21-25-43(26-22-41)57-37-61-57)45-31-33-53-54-34-32-46(50-16-12-18-52(60(50)54)51-17-11-15-49(45)59(51)53)48-30-20-40(14-10-8-6-4-2)36-56(48)42-23-27-44(28-24-42)58-38-62-58/h11-12,15-20,29-36,41-44,57-58H,3-10,13-14,21-28,37-38H2,1-2H3. The van der Waals surface area contributed by atoms with Crippen molar-refractivity contribution in [3.8, 4) is 22.3 Å². The molecular formula is C60H68O2. The van der Waals surface area contributed by atoms with E-state index >= 15 is 0 Å². The molecule has 2 heteroatoms. The molecule has 2 atom stereocenters. The van der Waals surface area contributed by atoms with Gasteiger partial charge in [-0.3, -0.25) is 0 Å². The van der Waals surface area contributed by atoms with E-state index in [1.54, 1.807) is 11.1 Å². The van der Waals surface area contributed by atoms with Gasteiger partial charge in [-0.25, -0.2) is 0 Å². The van der Waals surface area contributed by atoms with Crippen molar-refractivity contribution < 1.29 is 9.47 Å². The first kappa shape index (κ1) is 40.5. The minimum absolute atomic E-state index is 0.532. The van der Waals surface area contributed by atoms with E-state index in [-0.39, 0.29) is 0 Å². The first-order valence-corrected chi connectivity index (χ1v) is 25.3. The molecule has 2 unspecified atom stereocenters. The van der Waals surface area contributed by atoms with Crippen molar-refractivity contribution in [2.24, 2.45) is 11.8 Å². The third kappa shape index (κ3) is 7.87. The van der Waals surface area contributed by atoms with Crippen molar-refractivity contribution >= 4 is 43.1 Å². The highest BCUT2D eigenvalue weighted by atomic mass is 16.6. The van der Waals surface area contributed by atoms with Crippen molar-refractivity contribution in [3.05, 3.63) is 119 Å². The van der Waals surface area contributed by atoms with Gasteiger partial charge in [0.05, 0.1) is 25.4 Å². The van der Waals surface area contributed by atoms with Crippen LogP contribution in [0.5, 0.6) is 0 Å². The van der Waals surface area contributed by atoms with Gasteiger partial charge in [-0.15, -0.1) is 0 Å². The summed E-state index contributed by atoms with van der Waals surface area (Å²) in [6.07, 6.45) is 24.2. The summed E-state index contributed by atoms with van der Waals surface area (Å²) in [4.78, 5) is 0. The Morgan fingerprint density at radius 1 is 0.403 bits per heavy atom. The summed E-state index contributed by atoms with van der Waals surface area (Å²) in [7, 11) is 0. The largest absolute Gasteiger partial charge is 0.373 e. The lowest BCUT2D eigenvalue weighted by Gasteiger charge is -2.30. The van der Waals surface area contributed by atoms with Gasteiger partial charge in [0.2, 0.25) is 0 Å². The molecule has 62 heavy (non-hydrogen) atoms. The number of hydrogen-bond acceptors (Lipinski definition) is 2. The molecular weight excluding hydrogens is 753 g/mol. The molecule has 4 aliphatic rings. The van der Waals surface area contributed by atoms with Gasteiger partial charge in [0.1, 0.15) is 0 Å². The van der Waals surface area contributed by atoms with Crippen LogP contribution in [0.4, 0.5) is 0 Å². The zero-order valence-corrected chi connectivity index (χ0v) is 37.7. The van der Waals surface area contributed by atoms with Crippen molar-refractivity contribution in [2.75, 3.05) is 13.2 Å². The van der Waals surface area contributed by atoms with Gasteiger partial charge in [-0.2, -0.15) is 0 Å². The number of epoxide rings is 2. The highest BCUT2D eigenvalue weighted by Gasteiger charge is 2.37. The number of unbranched alkanes of at least 4 members (excludes halogenated alkanes) is 6. The molecule has 0 amide bonds. The smallest absolute Gasteiger partial charge is 0.0838 e. The highest BCUT2D eigenvalue weighted by Crippen LogP contribution is 2.50. The summed E-state index contributed by atoms with van der Waals surface area (Å²) in [5.74, 6) is 2.72. The molecule has 7 aromatic carbocycles. The predicted octanol–water partition coefficient (Wildman–Crippen LogP) is 16.7. The quantitative estimate of drug-likeness (QED) is 0.0420. The van der Waals surface area contributed by atoms with Gasteiger partial charge in [-0.1, -0.05) is 149 Å². The maximum absolute atomic E-state index is 5.79. The molecule has 0 spiro atoms. The van der Waals surface area contributed by atoms with Crippen LogP contribution in [-0.4, -0.2) is 25.4 Å². The first-order chi connectivity index (χ1) is 30.7. The normalized spacial score (nSPS) is 23.8. The van der Waals surface area contributed by atoms with Crippen molar-refractivity contribution in [1.82, 2.24) is 0 Å². The second kappa shape index (κ2) is 17.7. The predicted molar refractivity (Wildman–Crippen MR) is 263 cm³/mol. The molecule has 2 aliphatic carbocycles. The molecule has 2 saturated carbocycles. The van der Waals surface area contributed by atoms with Gasteiger partial charge in [0.15, 0.2) is 0 Å². The number of ether oxygens (including phenoxy) is 2. The fraction of sp³-hybridized carbons (Fsp3) is 0.467. The second-order valence-electron chi connectivity index (χ2n) is 20.2. The molecule has 320 valence electrons. The Balaban J connectivity index is 1.00. The fourth-order valence-electron chi connectivity index (χ4n) is 12.7. The maximum atomic E-state index is 5.79. The summed E-state index contributed by atoms with van der Waals surface area (Å²) in [5.41, 5.74) is 11.9. The molecule has 0 radical (unpaired) electrons. The fourth-order valence-corrected chi connectivity index (χ4v) is 12.7. The minimum Gasteiger partial charge on any atom is -0.373 e. The van der Waals surface area contributed by atoms with Crippen LogP contribution in [0, 0.1) is 11.8 Å². The van der Waals surface area contributed by atoms with E-state index in [0.29, 0.717) is 24.0 Å². The topological polar surface area (TPSA) is 25.1 Å². The molecule has 4 fully saturated rings. The van der Waals surface area contributed by atoms with Crippen molar-refractivity contribution in [1.29, 1.82) is 0 Å². The van der Waals surface area contributed by atoms with Crippen LogP contribution in [-0.2, 0) is 22.3 Å². The lowest BCUT2D eigenvalue weighted by atomic mass is 9.74. The van der Waals surface area contributed by atoms with E-state index in [1.165, 1.54) is 192 Å². The Labute approximate surface area is 371 Å². The minimum atomic E-state index is 0.532. The molecule has 0 bridgehead atoms. The Morgan fingerprint density at radius 3 is 1.19 bits per heavy atom. The number of fused-ring (bicyclic) bond motifs is 2. The molecule has 2 saturated heterocycles. The van der Waals surface area contributed by atoms with Crippen molar-refractivity contribution in [3.63, 3.8) is 0 Å². The van der Waals surface area contributed by atoms with Crippen LogP contribution >= 0.6 is 0 Å². The average Bonchev–Trinajstić information content (AvgIpc) is 4.27. The lowest BCUT2D eigenvalue weighted by Crippen LogP contribution is -2.18. The Kier molecular flexibility index (Phi) is 11.6. The van der Waals surface area contributed by atoms with E-state index in [1.807, 2.05) is 0 Å². The number of benzene rings is 7. The Morgan fingerprint density at radius 2 is 0.790 bits per heavy atom.